The molecule has 2 N–H and O–H groups in total. The molecule has 0 radical (unpaired) electrons. The molecule has 0 saturated heterocycles. The van der Waals surface area contributed by atoms with Crippen molar-refractivity contribution in [3.63, 3.8) is 0 Å². The highest BCUT2D eigenvalue weighted by atomic mass is 32.1. The fourth-order valence-corrected chi connectivity index (χ4v) is 1.89. The Kier molecular flexibility index (Phi) is 5.08. The lowest BCUT2D eigenvalue weighted by Gasteiger charge is -2.08. The lowest BCUT2D eigenvalue weighted by molar-refractivity contribution is -0.138. The molecule has 0 aromatic carbocycles. The molecule has 1 amide bonds. The van der Waals surface area contributed by atoms with E-state index >= 15 is 0 Å². The number of alkyl carbamates (subject to hydrolysis) is 1. The molecular weight excluding hydrogens is 256 g/mol. The van der Waals surface area contributed by atoms with Crippen molar-refractivity contribution in [2.45, 2.75) is 39.3 Å². The quantitative estimate of drug-likeness (QED) is 0.855. The van der Waals surface area contributed by atoms with E-state index in [1.807, 2.05) is 19.2 Å². The fraction of sp³-hybridized carbons (Fsp3) is 0.545. The Bertz CT molecular complexity index is 430. The minimum absolute atomic E-state index is 0.0430. The van der Waals surface area contributed by atoms with E-state index in [0.29, 0.717) is 11.6 Å². The number of aliphatic carboxylic acids is 1. The zero-order valence-electron chi connectivity index (χ0n) is 10.5. The number of carbonyl (C=O) groups is 2. The Morgan fingerprint density at radius 1 is 1.50 bits per heavy atom. The lowest BCUT2D eigenvalue weighted by atomic mass is 10.2. The first-order chi connectivity index (χ1) is 8.40. The molecule has 0 saturated carbocycles. The summed E-state index contributed by atoms with van der Waals surface area (Å²) in [6, 6.07) is -0.973. The van der Waals surface area contributed by atoms with Gasteiger partial charge in [0.15, 0.2) is 0 Å². The van der Waals surface area contributed by atoms with Crippen LogP contribution in [0.3, 0.4) is 0 Å². The molecule has 1 unspecified atom stereocenters. The topological polar surface area (TPSA) is 88.5 Å². The molecule has 18 heavy (non-hydrogen) atoms. The SMILES string of the molecule is CC(NC(=O)OCc1csc(C(C)C)n1)C(=O)O. The number of rotatable bonds is 5. The summed E-state index contributed by atoms with van der Waals surface area (Å²) in [5.74, 6) is -0.771. The summed E-state index contributed by atoms with van der Waals surface area (Å²) in [5.41, 5.74) is 0.668. The number of carboxylic acid groups (broad SMARTS) is 1. The first kappa shape index (κ1) is 14.4. The molecule has 0 aliphatic heterocycles. The summed E-state index contributed by atoms with van der Waals surface area (Å²) < 4.78 is 4.87. The monoisotopic (exact) mass is 272 g/mol. The van der Waals surface area contributed by atoms with Crippen LogP contribution >= 0.6 is 11.3 Å². The molecule has 0 aliphatic rings. The first-order valence-corrected chi connectivity index (χ1v) is 6.38. The van der Waals surface area contributed by atoms with E-state index in [1.54, 1.807) is 0 Å². The predicted molar refractivity (Wildman–Crippen MR) is 66.6 cm³/mol. The molecule has 7 heteroatoms. The van der Waals surface area contributed by atoms with Gasteiger partial charge in [-0.25, -0.2) is 9.78 Å². The van der Waals surface area contributed by atoms with E-state index in [9.17, 15) is 9.59 Å². The van der Waals surface area contributed by atoms with Crippen LogP contribution in [-0.4, -0.2) is 28.2 Å². The van der Waals surface area contributed by atoms with Crippen LogP contribution in [0.1, 0.15) is 37.4 Å². The Balaban J connectivity index is 2.40. The van der Waals surface area contributed by atoms with E-state index in [0.717, 1.165) is 5.01 Å². The molecule has 1 aromatic rings. The number of hydrogen-bond donors (Lipinski definition) is 2. The van der Waals surface area contributed by atoms with Crippen LogP contribution in [0.25, 0.3) is 0 Å². The van der Waals surface area contributed by atoms with E-state index < -0.39 is 18.1 Å². The van der Waals surface area contributed by atoms with E-state index in [4.69, 9.17) is 9.84 Å². The van der Waals surface area contributed by atoms with Crippen molar-refractivity contribution in [3.05, 3.63) is 16.1 Å². The second-order valence-corrected chi connectivity index (χ2v) is 5.00. The highest BCUT2D eigenvalue weighted by Gasteiger charge is 2.15. The zero-order valence-corrected chi connectivity index (χ0v) is 11.3. The van der Waals surface area contributed by atoms with Gasteiger partial charge in [0.2, 0.25) is 0 Å². The summed E-state index contributed by atoms with van der Waals surface area (Å²) >= 11 is 1.51. The smallest absolute Gasteiger partial charge is 0.408 e. The third-order valence-corrected chi connectivity index (χ3v) is 3.31. The van der Waals surface area contributed by atoms with Gasteiger partial charge in [-0.1, -0.05) is 13.8 Å². The molecule has 6 nitrogen and oxygen atoms in total. The van der Waals surface area contributed by atoms with Crippen molar-refractivity contribution in [2.75, 3.05) is 0 Å². The fourth-order valence-electron chi connectivity index (χ4n) is 1.07. The minimum Gasteiger partial charge on any atom is -0.480 e. The second kappa shape index (κ2) is 6.34. The molecule has 0 fully saturated rings. The van der Waals surface area contributed by atoms with Gasteiger partial charge >= 0.3 is 12.1 Å². The summed E-state index contributed by atoms with van der Waals surface area (Å²) in [7, 11) is 0. The van der Waals surface area contributed by atoms with E-state index in [1.165, 1.54) is 18.3 Å². The minimum atomic E-state index is -1.11. The molecular formula is C11H16N2O4S. The van der Waals surface area contributed by atoms with E-state index in [-0.39, 0.29) is 6.61 Å². The average Bonchev–Trinajstić information content (AvgIpc) is 2.74. The van der Waals surface area contributed by atoms with Gasteiger partial charge in [0.05, 0.1) is 10.7 Å². The molecule has 100 valence electrons. The summed E-state index contributed by atoms with van der Waals surface area (Å²) in [4.78, 5) is 26.1. The second-order valence-electron chi connectivity index (χ2n) is 4.11. The maximum atomic E-state index is 11.3. The van der Waals surface area contributed by atoms with Crippen LogP contribution < -0.4 is 5.32 Å². The van der Waals surface area contributed by atoms with Crippen molar-refractivity contribution >= 4 is 23.4 Å². The van der Waals surface area contributed by atoms with Crippen molar-refractivity contribution in [3.8, 4) is 0 Å². The number of hydrogen-bond acceptors (Lipinski definition) is 5. The Labute approximate surface area is 109 Å². The van der Waals surface area contributed by atoms with Gasteiger partial charge in [-0.3, -0.25) is 4.79 Å². The summed E-state index contributed by atoms with van der Waals surface area (Å²) in [5, 5.41) is 13.6. The first-order valence-electron chi connectivity index (χ1n) is 5.50. The number of aromatic nitrogens is 1. The number of nitrogens with one attached hydrogen (secondary N) is 1. The zero-order chi connectivity index (χ0) is 13.7. The van der Waals surface area contributed by atoms with Crippen molar-refractivity contribution in [2.24, 2.45) is 0 Å². The number of amides is 1. The van der Waals surface area contributed by atoms with Gasteiger partial charge in [-0.2, -0.15) is 0 Å². The lowest BCUT2D eigenvalue weighted by Crippen LogP contribution is -2.38. The number of ether oxygens (including phenoxy) is 1. The number of carbonyl (C=O) groups excluding carboxylic acids is 1. The van der Waals surface area contributed by atoms with Crippen LogP contribution in [0.4, 0.5) is 4.79 Å². The van der Waals surface area contributed by atoms with Crippen molar-refractivity contribution in [1.29, 1.82) is 0 Å². The van der Waals surface area contributed by atoms with Crippen LogP contribution in [0.2, 0.25) is 0 Å². The van der Waals surface area contributed by atoms with Crippen molar-refractivity contribution < 1.29 is 19.4 Å². The van der Waals surface area contributed by atoms with Crippen LogP contribution in [0, 0.1) is 0 Å². The number of nitrogens with zero attached hydrogens (tertiary/aromatic N) is 1. The maximum absolute atomic E-state index is 11.3. The number of thiazole rings is 1. The average molecular weight is 272 g/mol. The van der Waals surface area contributed by atoms with E-state index in [2.05, 4.69) is 10.3 Å². The summed E-state index contributed by atoms with van der Waals surface area (Å²) in [6.07, 6.45) is -0.760. The maximum Gasteiger partial charge on any atom is 0.408 e. The largest absolute Gasteiger partial charge is 0.480 e. The molecule has 0 bridgehead atoms. The molecule has 1 aromatic heterocycles. The van der Waals surface area contributed by atoms with Crippen LogP contribution in [0.15, 0.2) is 5.38 Å². The standard InChI is InChI=1S/C11H16N2O4S/c1-6(2)9-13-8(5-18-9)4-17-11(16)12-7(3)10(14)15/h5-7H,4H2,1-3H3,(H,12,16)(H,14,15). The molecule has 1 atom stereocenters. The summed E-state index contributed by atoms with van der Waals surface area (Å²) in [6.45, 7) is 5.47. The van der Waals surface area contributed by atoms with Crippen LogP contribution in [-0.2, 0) is 16.1 Å². The van der Waals surface area contributed by atoms with Gasteiger partial charge in [0.25, 0.3) is 0 Å². The Morgan fingerprint density at radius 3 is 2.67 bits per heavy atom. The Morgan fingerprint density at radius 2 is 2.17 bits per heavy atom. The van der Waals surface area contributed by atoms with Gasteiger partial charge in [-0.05, 0) is 6.92 Å². The predicted octanol–water partition coefficient (Wildman–Crippen LogP) is 1.97. The molecule has 0 spiro atoms. The van der Waals surface area contributed by atoms with Gasteiger partial charge in [0, 0.05) is 11.3 Å². The molecule has 1 heterocycles. The van der Waals surface area contributed by atoms with Gasteiger partial charge < -0.3 is 15.2 Å². The Hall–Kier alpha value is -1.63. The molecule has 0 aliphatic carbocycles. The highest BCUT2D eigenvalue weighted by molar-refractivity contribution is 7.09. The van der Waals surface area contributed by atoms with Crippen molar-refractivity contribution in [1.82, 2.24) is 10.3 Å². The van der Waals surface area contributed by atoms with Crippen LogP contribution in [0.5, 0.6) is 0 Å². The molecule has 1 rings (SSSR count). The van der Waals surface area contributed by atoms with Gasteiger partial charge in [-0.15, -0.1) is 11.3 Å². The number of carboxylic acids is 1. The third kappa shape index (κ3) is 4.33. The third-order valence-electron chi connectivity index (χ3n) is 2.12. The van der Waals surface area contributed by atoms with Gasteiger partial charge in [0.1, 0.15) is 12.6 Å². The highest BCUT2D eigenvalue weighted by Crippen LogP contribution is 2.19. The normalized spacial score (nSPS) is 12.2.